The summed E-state index contributed by atoms with van der Waals surface area (Å²) in [5, 5.41) is 7.78. The summed E-state index contributed by atoms with van der Waals surface area (Å²) in [6.45, 7) is 10.6. The van der Waals surface area contributed by atoms with Gasteiger partial charge in [-0.15, -0.1) is 0 Å². The number of nitrogens with one attached hydrogen (secondary N) is 1. The second-order valence-corrected chi connectivity index (χ2v) is 6.18. The molecular weight excluding hydrogens is 253 g/mol. The van der Waals surface area contributed by atoms with Gasteiger partial charge in [0.2, 0.25) is 0 Å². The van der Waals surface area contributed by atoms with Crippen molar-refractivity contribution in [3.8, 4) is 5.69 Å². The standard InChI is InChI=1S/C16H22FN3/c1-11-9-12(2)20(19-11)15-8-6-7-14(17)13(15)10-18-16(3,4)5/h6-9,18H,10H2,1-5H3. The molecule has 0 atom stereocenters. The minimum absolute atomic E-state index is 0.0609. The summed E-state index contributed by atoms with van der Waals surface area (Å²) in [7, 11) is 0. The van der Waals surface area contributed by atoms with Crippen LogP contribution in [0.5, 0.6) is 0 Å². The van der Waals surface area contributed by atoms with Gasteiger partial charge in [-0.1, -0.05) is 6.07 Å². The molecule has 20 heavy (non-hydrogen) atoms. The molecule has 2 rings (SSSR count). The number of hydrogen-bond donors (Lipinski definition) is 1. The third-order valence-corrected chi connectivity index (χ3v) is 3.13. The van der Waals surface area contributed by atoms with Gasteiger partial charge in [0.15, 0.2) is 0 Å². The third kappa shape index (κ3) is 3.25. The molecule has 1 aromatic carbocycles. The third-order valence-electron chi connectivity index (χ3n) is 3.13. The van der Waals surface area contributed by atoms with Gasteiger partial charge in [-0.2, -0.15) is 5.10 Å². The molecule has 0 spiro atoms. The Hall–Kier alpha value is -1.68. The second kappa shape index (κ2) is 5.37. The molecule has 2 aromatic rings. The van der Waals surface area contributed by atoms with Gasteiger partial charge in [0.1, 0.15) is 5.82 Å². The maximum absolute atomic E-state index is 14.2. The van der Waals surface area contributed by atoms with Crippen LogP contribution >= 0.6 is 0 Å². The largest absolute Gasteiger partial charge is 0.308 e. The fourth-order valence-electron chi connectivity index (χ4n) is 2.15. The van der Waals surface area contributed by atoms with E-state index in [0.29, 0.717) is 12.1 Å². The van der Waals surface area contributed by atoms with Gasteiger partial charge in [0.05, 0.1) is 11.4 Å². The normalized spacial score (nSPS) is 11.9. The molecule has 0 unspecified atom stereocenters. The first-order valence-corrected chi connectivity index (χ1v) is 6.84. The van der Waals surface area contributed by atoms with Gasteiger partial charge in [0.25, 0.3) is 0 Å². The molecule has 0 aliphatic rings. The van der Waals surface area contributed by atoms with Gasteiger partial charge in [-0.05, 0) is 52.8 Å². The molecule has 1 aromatic heterocycles. The Balaban J connectivity index is 2.43. The minimum atomic E-state index is -0.202. The summed E-state index contributed by atoms with van der Waals surface area (Å²) < 4.78 is 16.0. The van der Waals surface area contributed by atoms with Gasteiger partial charge in [0, 0.05) is 23.3 Å². The topological polar surface area (TPSA) is 29.9 Å². The molecule has 0 bridgehead atoms. The Morgan fingerprint density at radius 2 is 1.95 bits per heavy atom. The van der Waals surface area contributed by atoms with Crippen molar-refractivity contribution in [1.29, 1.82) is 0 Å². The lowest BCUT2D eigenvalue weighted by Crippen LogP contribution is -2.35. The highest BCUT2D eigenvalue weighted by Crippen LogP contribution is 2.20. The molecule has 0 fully saturated rings. The summed E-state index contributed by atoms with van der Waals surface area (Å²) in [5.74, 6) is -0.202. The average molecular weight is 275 g/mol. The quantitative estimate of drug-likeness (QED) is 0.929. The van der Waals surface area contributed by atoms with Crippen molar-refractivity contribution in [3.63, 3.8) is 0 Å². The maximum atomic E-state index is 14.2. The van der Waals surface area contributed by atoms with Gasteiger partial charge >= 0.3 is 0 Å². The van der Waals surface area contributed by atoms with Crippen LogP contribution in [-0.2, 0) is 6.54 Å². The Morgan fingerprint density at radius 1 is 1.25 bits per heavy atom. The molecule has 3 nitrogen and oxygen atoms in total. The maximum Gasteiger partial charge on any atom is 0.129 e. The molecule has 0 radical (unpaired) electrons. The highest BCUT2D eigenvalue weighted by Gasteiger charge is 2.16. The Morgan fingerprint density at radius 3 is 2.50 bits per heavy atom. The molecule has 0 saturated carbocycles. The molecular formula is C16H22FN3. The summed E-state index contributed by atoms with van der Waals surface area (Å²) in [4.78, 5) is 0. The number of aromatic nitrogens is 2. The van der Waals surface area contributed by atoms with E-state index in [0.717, 1.165) is 17.1 Å². The summed E-state index contributed by atoms with van der Waals surface area (Å²) in [6, 6.07) is 7.12. The average Bonchev–Trinajstić information content (AvgIpc) is 2.65. The van der Waals surface area contributed by atoms with Crippen molar-refractivity contribution in [3.05, 3.63) is 47.0 Å². The number of benzene rings is 1. The van der Waals surface area contributed by atoms with Crippen LogP contribution in [-0.4, -0.2) is 15.3 Å². The van der Waals surface area contributed by atoms with Crippen molar-refractivity contribution < 1.29 is 4.39 Å². The number of halogens is 1. The zero-order chi connectivity index (χ0) is 14.9. The van der Waals surface area contributed by atoms with Crippen LogP contribution in [0.3, 0.4) is 0 Å². The number of rotatable bonds is 3. The van der Waals surface area contributed by atoms with Crippen LogP contribution in [0.1, 0.15) is 37.7 Å². The number of nitrogens with zero attached hydrogens (tertiary/aromatic N) is 2. The highest BCUT2D eigenvalue weighted by atomic mass is 19.1. The monoisotopic (exact) mass is 275 g/mol. The van der Waals surface area contributed by atoms with Gasteiger partial charge in [-0.3, -0.25) is 0 Å². The van der Waals surface area contributed by atoms with Crippen molar-refractivity contribution in [2.75, 3.05) is 0 Å². The van der Waals surface area contributed by atoms with E-state index >= 15 is 0 Å². The molecule has 4 heteroatoms. The Labute approximate surface area is 119 Å². The predicted octanol–water partition coefficient (Wildman–Crippen LogP) is 3.52. The summed E-state index contributed by atoms with van der Waals surface area (Å²) >= 11 is 0. The van der Waals surface area contributed by atoms with E-state index in [4.69, 9.17) is 0 Å². The van der Waals surface area contributed by atoms with E-state index in [9.17, 15) is 4.39 Å². The fraction of sp³-hybridized carbons (Fsp3) is 0.438. The minimum Gasteiger partial charge on any atom is -0.308 e. The summed E-state index contributed by atoms with van der Waals surface area (Å²) in [5.41, 5.74) is 3.32. The van der Waals surface area contributed by atoms with E-state index < -0.39 is 0 Å². The first-order valence-electron chi connectivity index (χ1n) is 6.84. The van der Waals surface area contributed by atoms with Crippen molar-refractivity contribution in [2.24, 2.45) is 0 Å². The predicted molar refractivity (Wildman–Crippen MR) is 79.6 cm³/mol. The van der Waals surface area contributed by atoms with E-state index in [2.05, 4.69) is 31.2 Å². The number of hydrogen-bond acceptors (Lipinski definition) is 2. The lowest BCUT2D eigenvalue weighted by atomic mass is 10.1. The van der Waals surface area contributed by atoms with Crippen LogP contribution in [0, 0.1) is 19.7 Å². The molecule has 1 N–H and O–H groups in total. The van der Waals surface area contributed by atoms with Crippen LogP contribution in [0.2, 0.25) is 0 Å². The second-order valence-electron chi connectivity index (χ2n) is 6.18. The Kier molecular flexibility index (Phi) is 3.95. The molecule has 0 aliphatic carbocycles. The van der Waals surface area contributed by atoms with Crippen LogP contribution < -0.4 is 5.32 Å². The molecule has 0 amide bonds. The van der Waals surface area contributed by atoms with E-state index in [-0.39, 0.29) is 11.4 Å². The van der Waals surface area contributed by atoms with E-state index in [1.807, 2.05) is 26.0 Å². The van der Waals surface area contributed by atoms with Crippen LogP contribution in [0.25, 0.3) is 5.69 Å². The lowest BCUT2D eigenvalue weighted by Gasteiger charge is -2.22. The first kappa shape index (κ1) is 14.7. The SMILES string of the molecule is Cc1cc(C)n(-c2cccc(F)c2CNC(C)(C)C)n1. The molecule has 0 saturated heterocycles. The molecule has 0 aliphatic heterocycles. The number of aryl methyl sites for hydroxylation is 2. The van der Waals surface area contributed by atoms with E-state index in [1.165, 1.54) is 6.07 Å². The van der Waals surface area contributed by atoms with Crippen molar-refractivity contribution in [1.82, 2.24) is 15.1 Å². The molecule has 108 valence electrons. The zero-order valence-corrected chi connectivity index (χ0v) is 12.8. The van der Waals surface area contributed by atoms with Crippen molar-refractivity contribution in [2.45, 2.75) is 46.7 Å². The van der Waals surface area contributed by atoms with Crippen molar-refractivity contribution >= 4 is 0 Å². The van der Waals surface area contributed by atoms with Crippen LogP contribution in [0.4, 0.5) is 4.39 Å². The highest BCUT2D eigenvalue weighted by molar-refractivity contribution is 5.42. The lowest BCUT2D eigenvalue weighted by molar-refractivity contribution is 0.418. The smallest absolute Gasteiger partial charge is 0.129 e. The van der Waals surface area contributed by atoms with Gasteiger partial charge in [-0.25, -0.2) is 9.07 Å². The first-order chi connectivity index (χ1) is 9.28. The Bertz CT molecular complexity index is 609. The fourth-order valence-corrected chi connectivity index (χ4v) is 2.15. The summed E-state index contributed by atoms with van der Waals surface area (Å²) in [6.07, 6.45) is 0. The van der Waals surface area contributed by atoms with E-state index in [1.54, 1.807) is 10.7 Å². The zero-order valence-electron chi connectivity index (χ0n) is 12.8. The van der Waals surface area contributed by atoms with Crippen LogP contribution in [0.15, 0.2) is 24.3 Å². The van der Waals surface area contributed by atoms with Gasteiger partial charge < -0.3 is 5.32 Å². The molecule has 1 heterocycles.